The molecule has 156 valence electrons. The SMILES string of the molecule is CCn1c(-n2nc(C)cc2C)nc2c1c(=O)n(CCCc1ccccc1)c(=O)n2C. The van der Waals surface area contributed by atoms with Gasteiger partial charge in [0, 0.05) is 25.8 Å². The fourth-order valence-electron chi connectivity index (χ4n) is 3.94. The Morgan fingerprint density at radius 1 is 1.03 bits per heavy atom. The maximum atomic E-state index is 13.3. The second-order valence-electron chi connectivity index (χ2n) is 7.55. The summed E-state index contributed by atoms with van der Waals surface area (Å²) in [5, 5.41) is 4.51. The Balaban J connectivity index is 1.81. The molecule has 0 aliphatic rings. The third kappa shape index (κ3) is 3.28. The van der Waals surface area contributed by atoms with Gasteiger partial charge in [-0.25, -0.2) is 9.48 Å². The minimum Gasteiger partial charge on any atom is -0.303 e. The van der Waals surface area contributed by atoms with Crippen LogP contribution in [-0.4, -0.2) is 28.5 Å². The highest BCUT2D eigenvalue weighted by atomic mass is 16.2. The molecule has 0 atom stereocenters. The molecular weight excluding hydrogens is 380 g/mol. The average molecular weight is 406 g/mol. The molecule has 4 rings (SSSR count). The van der Waals surface area contributed by atoms with Gasteiger partial charge in [-0.3, -0.25) is 13.9 Å². The van der Waals surface area contributed by atoms with Gasteiger partial charge in [0.05, 0.1) is 5.69 Å². The molecule has 0 amide bonds. The van der Waals surface area contributed by atoms with Crippen LogP contribution in [0.3, 0.4) is 0 Å². The number of fused-ring (bicyclic) bond motifs is 1. The Morgan fingerprint density at radius 2 is 1.77 bits per heavy atom. The molecule has 0 saturated heterocycles. The quantitative estimate of drug-likeness (QED) is 0.492. The molecule has 8 heteroatoms. The van der Waals surface area contributed by atoms with E-state index in [1.165, 1.54) is 14.7 Å². The summed E-state index contributed by atoms with van der Waals surface area (Å²) in [6.07, 6.45) is 1.51. The number of hydrogen-bond acceptors (Lipinski definition) is 4. The Labute approximate surface area is 174 Å². The first-order valence-electron chi connectivity index (χ1n) is 10.2. The molecule has 3 heterocycles. The van der Waals surface area contributed by atoms with Gasteiger partial charge in [-0.15, -0.1) is 0 Å². The van der Waals surface area contributed by atoms with Crippen LogP contribution in [0.5, 0.6) is 0 Å². The number of hydrogen-bond donors (Lipinski definition) is 0. The minimum atomic E-state index is -0.346. The van der Waals surface area contributed by atoms with Crippen molar-refractivity contribution in [2.75, 3.05) is 0 Å². The van der Waals surface area contributed by atoms with Gasteiger partial charge in [-0.05, 0) is 45.2 Å². The van der Waals surface area contributed by atoms with E-state index < -0.39 is 0 Å². The van der Waals surface area contributed by atoms with Crippen LogP contribution in [0.25, 0.3) is 17.1 Å². The third-order valence-corrected chi connectivity index (χ3v) is 5.42. The number of aryl methyl sites for hydroxylation is 5. The topological polar surface area (TPSA) is 79.6 Å². The molecule has 0 bridgehead atoms. The monoisotopic (exact) mass is 406 g/mol. The summed E-state index contributed by atoms with van der Waals surface area (Å²) in [6.45, 7) is 6.72. The Hall–Kier alpha value is -3.42. The number of aromatic nitrogens is 6. The van der Waals surface area contributed by atoms with Crippen molar-refractivity contribution in [2.45, 2.75) is 46.7 Å². The van der Waals surface area contributed by atoms with E-state index in [1.54, 1.807) is 11.7 Å². The molecule has 0 spiro atoms. The molecule has 3 aromatic heterocycles. The van der Waals surface area contributed by atoms with Crippen LogP contribution in [0.15, 0.2) is 46.0 Å². The molecule has 8 nitrogen and oxygen atoms in total. The predicted octanol–water partition coefficient (Wildman–Crippen LogP) is 2.35. The van der Waals surface area contributed by atoms with E-state index in [1.807, 2.05) is 49.6 Å². The molecule has 1 aromatic carbocycles. The van der Waals surface area contributed by atoms with Crippen molar-refractivity contribution in [3.63, 3.8) is 0 Å². The van der Waals surface area contributed by atoms with Gasteiger partial charge in [0.2, 0.25) is 5.95 Å². The lowest BCUT2D eigenvalue weighted by atomic mass is 10.1. The van der Waals surface area contributed by atoms with E-state index in [2.05, 4.69) is 22.2 Å². The van der Waals surface area contributed by atoms with E-state index in [0.29, 0.717) is 36.6 Å². The molecule has 4 aromatic rings. The lowest BCUT2D eigenvalue weighted by molar-refractivity contribution is 0.570. The molecule has 0 saturated carbocycles. The van der Waals surface area contributed by atoms with Gasteiger partial charge < -0.3 is 4.57 Å². The van der Waals surface area contributed by atoms with Crippen LogP contribution in [0, 0.1) is 13.8 Å². The van der Waals surface area contributed by atoms with E-state index in [9.17, 15) is 9.59 Å². The van der Waals surface area contributed by atoms with Gasteiger partial charge in [0.15, 0.2) is 11.2 Å². The van der Waals surface area contributed by atoms with Crippen LogP contribution < -0.4 is 11.2 Å². The van der Waals surface area contributed by atoms with Crippen molar-refractivity contribution in [3.05, 3.63) is 74.2 Å². The third-order valence-electron chi connectivity index (χ3n) is 5.42. The van der Waals surface area contributed by atoms with Gasteiger partial charge in [-0.1, -0.05) is 30.3 Å². The van der Waals surface area contributed by atoms with Crippen LogP contribution >= 0.6 is 0 Å². The molecule has 0 unspecified atom stereocenters. The second kappa shape index (κ2) is 7.78. The smallest absolute Gasteiger partial charge is 0.303 e. The summed E-state index contributed by atoms with van der Waals surface area (Å²) < 4.78 is 6.34. The summed E-state index contributed by atoms with van der Waals surface area (Å²) in [4.78, 5) is 30.9. The maximum Gasteiger partial charge on any atom is 0.332 e. The molecular formula is C22H26N6O2. The average Bonchev–Trinajstić information content (AvgIpc) is 3.28. The Kier molecular flexibility index (Phi) is 5.15. The zero-order valence-electron chi connectivity index (χ0n) is 17.8. The van der Waals surface area contributed by atoms with Crippen molar-refractivity contribution < 1.29 is 0 Å². The van der Waals surface area contributed by atoms with Crippen LogP contribution in [-0.2, 0) is 26.6 Å². The van der Waals surface area contributed by atoms with Gasteiger partial charge in [-0.2, -0.15) is 10.1 Å². The molecule has 0 aliphatic heterocycles. The summed E-state index contributed by atoms with van der Waals surface area (Å²) in [7, 11) is 1.66. The number of imidazole rings is 1. The number of nitrogens with zero attached hydrogens (tertiary/aromatic N) is 6. The van der Waals surface area contributed by atoms with Crippen molar-refractivity contribution in [2.24, 2.45) is 7.05 Å². The fraction of sp³-hybridized carbons (Fsp3) is 0.364. The van der Waals surface area contributed by atoms with Crippen molar-refractivity contribution in [1.82, 2.24) is 28.5 Å². The highest BCUT2D eigenvalue weighted by molar-refractivity contribution is 5.72. The van der Waals surface area contributed by atoms with Gasteiger partial charge >= 0.3 is 5.69 Å². The lowest BCUT2D eigenvalue weighted by Gasteiger charge is -2.10. The maximum absolute atomic E-state index is 13.3. The number of rotatable bonds is 6. The summed E-state index contributed by atoms with van der Waals surface area (Å²) in [5.74, 6) is 0.548. The standard InChI is InChI=1S/C22H26N6O2/c1-5-26-18-19(23-21(26)28-16(3)14-15(2)24-28)25(4)22(30)27(20(18)29)13-9-12-17-10-7-6-8-11-17/h6-8,10-11,14H,5,9,12-13H2,1-4H3. The van der Waals surface area contributed by atoms with Crippen molar-refractivity contribution >= 4 is 11.2 Å². The van der Waals surface area contributed by atoms with Crippen LogP contribution in [0.4, 0.5) is 0 Å². The minimum absolute atomic E-state index is 0.303. The van der Waals surface area contributed by atoms with Crippen LogP contribution in [0.2, 0.25) is 0 Å². The van der Waals surface area contributed by atoms with Gasteiger partial charge in [0.1, 0.15) is 0 Å². The fourth-order valence-corrected chi connectivity index (χ4v) is 3.94. The summed E-state index contributed by atoms with van der Waals surface area (Å²) >= 11 is 0. The molecule has 30 heavy (non-hydrogen) atoms. The van der Waals surface area contributed by atoms with E-state index in [4.69, 9.17) is 0 Å². The molecule has 0 N–H and O–H groups in total. The number of benzene rings is 1. The van der Waals surface area contributed by atoms with Crippen molar-refractivity contribution in [3.8, 4) is 5.95 Å². The van der Waals surface area contributed by atoms with E-state index in [-0.39, 0.29) is 11.2 Å². The second-order valence-corrected chi connectivity index (χ2v) is 7.55. The summed E-state index contributed by atoms with van der Waals surface area (Å²) in [6, 6.07) is 12.0. The largest absolute Gasteiger partial charge is 0.332 e. The zero-order chi connectivity index (χ0) is 21.4. The van der Waals surface area contributed by atoms with Crippen LogP contribution in [0.1, 0.15) is 30.3 Å². The first kappa shape index (κ1) is 19.9. The first-order chi connectivity index (χ1) is 14.4. The highest BCUT2D eigenvalue weighted by Crippen LogP contribution is 2.17. The normalized spacial score (nSPS) is 11.5. The van der Waals surface area contributed by atoms with E-state index >= 15 is 0 Å². The molecule has 0 fully saturated rings. The zero-order valence-corrected chi connectivity index (χ0v) is 17.8. The predicted molar refractivity (Wildman–Crippen MR) is 116 cm³/mol. The molecule has 0 radical (unpaired) electrons. The van der Waals surface area contributed by atoms with E-state index in [0.717, 1.165) is 17.8 Å². The molecule has 0 aliphatic carbocycles. The Bertz CT molecular complexity index is 1320. The summed E-state index contributed by atoms with van der Waals surface area (Å²) in [5.41, 5.74) is 3.15. The van der Waals surface area contributed by atoms with Crippen molar-refractivity contribution in [1.29, 1.82) is 0 Å². The van der Waals surface area contributed by atoms with Gasteiger partial charge in [0.25, 0.3) is 5.56 Å². The highest BCUT2D eigenvalue weighted by Gasteiger charge is 2.21. The Morgan fingerprint density at radius 3 is 2.40 bits per heavy atom. The first-order valence-corrected chi connectivity index (χ1v) is 10.2. The lowest BCUT2D eigenvalue weighted by Crippen LogP contribution is -2.39.